The van der Waals surface area contributed by atoms with Gasteiger partial charge in [-0.05, 0) is 0 Å². The third-order valence-electron chi connectivity index (χ3n) is 8.55. The Morgan fingerprint density at radius 2 is 0.957 bits per heavy atom. The van der Waals surface area contributed by atoms with Crippen LogP contribution in [0.3, 0.4) is 0 Å². The van der Waals surface area contributed by atoms with Gasteiger partial charge in [0.2, 0.25) is 0 Å². The quantitative estimate of drug-likeness (QED) is 0.172. The van der Waals surface area contributed by atoms with E-state index in [1.165, 1.54) is 25.2 Å². The van der Waals surface area contributed by atoms with E-state index in [4.69, 9.17) is 19.9 Å². The molecule has 0 aliphatic heterocycles. The van der Waals surface area contributed by atoms with Crippen LogP contribution in [0.2, 0.25) is 0 Å². The van der Waals surface area contributed by atoms with Crippen LogP contribution in [0, 0.1) is 0 Å². The molecule has 0 saturated carbocycles. The van der Waals surface area contributed by atoms with Crippen molar-refractivity contribution in [3.63, 3.8) is 0 Å². The van der Waals surface area contributed by atoms with Crippen LogP contribution in [0.1, 0.15) is 0 Å². The molecule has 220 valence electrons. The van der Waals surface area contributed by atoms with Crippen molar-refractivity contribution < 1.29 is 0 Å². The fraction of sp³-hybridized carbons (Fsp3) is 0. The number of hydrogen-bond acceptors (Lipinski definition) is 4. The molecule has 9 rings (SSSR count). The van der Waals surface area contributed by atoms with E-state index >= 15 is 0 Å². The third kappa shape index (κ3) is 5.03. The second-order valence-electron chi connectivity index (χ2n) is 11.5. The van der Waals surface area contributed by atoms with Gasteiger partial charge >= 0.3 is 243 Å². The number of aromatic nitrogens is 4. The molecule has 5 heteroatoms. The fourth-order valence-electron chi connectivity index (χ4n) is 6.27. The molecule has 0 fully saturated rings. The SMILES string of the molecule is c1ccc(-c2nc(-c3ccccc3)nc(-c3cccc4cccc(-c5ccc6ccc7nc(-c8ccccc8)[se]c7c6c5)c34)n2)cc1. The average Bonchev–Trinajstić information content (AvgIpc) is 3.60. The van der Waals surface area contributed by atoms with Crippen LogP contribution in [-0.2, 0) is 0 Å². The first kappa shape index (κ1) is 27.6. The zero-order chi connectivity index (χ0) is 31.2. The first-order valence-electron chi connectivity index (χ1n) is 15.6. The monoisotopic (exact) mass is 666 g/mol. The zero-order valence-electron chi connectivity index (χ0n) is 25.2. The molecule has 0 unspecified atom stereocenters. The summed E-state index contributed by atoms with van der Waals surface area (Å²) in [4.78, 5) is 20.2. The van der Waals surface area contributed by atoms with Gasteiger partial charge in [0.15, 0.2) is 0 Å². The number of nitrogens with zero attached hydrogens (tertiary/aromatic N) is 4. The smallest absolute Gasteiger partial charge is 0.0615 e. The first-order chi connectivity index (χ1) is 23.3. The molecule has 0 aliphatic rings. The van der Waals surface area contributed by atoms with Crippen LogP contribution in [0.15, 0.2) is 158 Å². The van der Waals surface area contributed by atoms with Gasteiger partial charge in [0, 0.05) is 0 Å². The minimum atomic E-state index is 0.116. The second kappa shape index (κ2) is 11.6. The van der Waals surface area contributed by atoms with Crippen LogP contribution in [0.5, 0.6) is 0 Å². The molecule has 9 aromatic rings. The molecular weight excluding hydrogens is 639 g/mol. The van der Waals surface area contributed by atoms with Crippen LogP contribution in [0.25, 0.3) is 86.7 Å². The molecule has 0 aliphatic carbocycles. The van der Waals surface area contributed by atoms with Crippen molar-refractivity contribution in [1.82, 2.24) is 19.9 Å². The normalized spacial score (nSPS) is 11.4. The molecular formula is C42H26N4Se. The third-order valence-corrected chi connectivity index (χ3v) is 11.0. The fourth-order valence-corrected chi connectivity index (χ4v) is 8.57. The first-order valence-corrected chi connectivity index (χ1v) is 17.3. The van der Waals surface area contributed by atoms with E-state index in [-0.39, 0.29) is 14.5 Å². The number of rotatable bonds is 5. The molecule has 0 N–H and O–H groups in total. The summed E-state index contributed by atoms with van der Waals surface area (Å²) >= 11 is 0.116. The van der Waals surface area contributed by atoms with Crippen LogP contribution < -0.4 is 0 Å². The van der Waals surface area contributed by atoms with Crippen molar-refractivity contribution in [2.24, 2.45) is 0 Å². The van der Waals surface area contributed by atoms with Crippen LogP contribution >= 0.6 is 0 Å². The van der Waals surface area contributed by atoms with Crippen molar-refractivity contribution in [2.45, 2.75) is 0 Å². The van der Waals surface area contributed by atoms with Gasteiger partial charge in [-0.2, -0.15) is 0 Å². The Bertz CT molecular complexity index is 2500. The Morgan fingerprint density at radius 1 is 0.383 bits per heavy atom. The molecule has 0 amide bonds. The van der Waals surface area contributed by atoms with E-state index in [2.05, 4.69) is 97.1 Å². The topological polar surface area (TPSA) is 51.6 Å². The molecule has 4 nitrogen and oxygen atoms in total. The predicted octanol–water partition coefficient (Wildman–Crippen LogP) is 10.1. The molecule has 0 spiro atoms. The molecule has 0 radical (unpaired) electrons. The summed E-state index contributed by atoms with van der Waals surface area (Å²) in [6, 6.07) is 54.9. The van der Waals surface area contributed by atoms with Gasteiger partial charge in [-0.1, -0.05) is 36.4 Å². The maximum absolute atomic E-state index is 5.08. The van der Waals surface area contributed by atoms with Crippen molar-refractivity contribution in [3.05, 3.63) is 158 Å². The Hall–Kier alpha value is -5.74. The zero-order valence-corrected chi connectivity index (χ0v) is 26.9. The van der Waals surface area contributed by atoms with Crippen molar-refractivity contribution in [1.29, 1.82) is 0 Å². The molecule has 47 heavy (non-hydrogen) atoms. The van der Waals surface area contributed by atoms with Gasteiger partial charge in [0.1, 0.15) is 0 Å². The molecule has 7 aromatic carbocycles. The van der Waals surface area contributed by atoms with E-state index in [0.717, 1.165) is 44.1 Å². The van der Waals surface area contributed by atoms with E-state index in [1.54, 1.807) is 0 Å². The van der Waals surface area contributed by atoms with Crippen molar-refractivity contribution >= 4 is 45.8 Å². The molecule has 0 bridgehead atoms. The molecule has 0 saturated heterocycles. The van der Waals surface area contributed by atoms with Gasteiger partial charge < -0.3 is 0 Å². The minimum Gasteiger partial charge on any atom is -0.0615 e. The standard InChI is InChI=1S/C42H26N4Se/c1-4-12-29(13-5-1)39-44-40(30-14-6-2-7-15-30)46-41(45-39)34-21-11-19-28-18-10-20-33(37(28)34)32-23-22-27-24-25-36-38(35(27)26-32)47-42(43-36)31-16-8-3-9-17-31/h1-26H. The van der Waals surface area contributed by atoms with Crippen molar-refractivity contribution in [2.75, 3.05) is 0 Å². The summed E-state index contributed by atoms with van der Waals surface area (Å²) in [7, 11) is 0. The van der Waals surface area contributed by atoms with Gasteiger partial charge in [-0.25, -0.2) is 0 Å². The number of fused-ring (bicyclic) bond motifs is 4. The molecule has 2 heterocycles. The van der Waals surface area contributed by atoms with Gasteiger partial charge in [0.05, 0.1) is 0 Å². The molecule has 2 aromatic heterocycles. The Kier molecular flexibility index (Phi) is 6.78. The Balaban J connectivity index is 1.26. The number of hydrogen-bond donors (Lipinski definition) is 0. The van der Waals surface area contributed by atoms with E-state index in [1.807, 2.05) is 60.7 Å². The van der Waals surface area contributed by atoms with Gasteiger partial charge in [0.25, 0.3) is 0 Å². The Morgan fingerprint density at radius 3 is 1.62 bits per heavy atom. The Labute approximate surface area is 277 Å². The van der Waals surface area contributed by atoms with E-state index < -0.39 is 0 Å². The van der Waals surface area contributed by atoms with E-state index in [0.29, 0.717) is 17.5 Å². The average molecular weight is 666 g/mol. The maximum atomic E-state index is 5.08. The van der Waals surface area contributed by atoms with Crippen LogP contribution in [-0.4, -0.2) is 34.4 Å². The summed E-state index contributed by atoms with van der Waals surface area (Å²) in [5.41, 5.74) is 7.48. The minimum absolute atomic E-state index is 0.116. The summed E-state index contributed by atoms with van der Waals surface area (Å²) in [6.07, 6.45) is 0. The number of benzene rings is 7. The van der Waals surface area contributed by atoms with E-state index in [9.17, 15) is 0 Å². The van der Waals surface area contributed by atoms with Crippen molar-refractivity contribution in [3.8, 4) is 55.4 Å². The second-order valence-corrected chi connectivity index (χ2v) is 13.6. The van der Waals surface area contributed by atoms with Gasteiger partial charge in [-0.15, -0.1) is 0 Å². The summed E-state index contributed by atoms with van der Waals surface area (Å²) in [5.74, 6) is 1.96. The van der Waals surface area contributed by atoms with Crippen LogP contribution in [0.4, 0.5) is 0 Å². The summed E-state index contributed by atoms with van der Waals surface area (Å²) in [6.45, 7) is 0. The summed E-state index contributed by atoms with van der Waals surface area (Å²) < 4.78 is 2.52. The summed E-state index contributed by atoms with van der Waals surface area (Å²) in [5, 5.41) is 4.76. The van der Waals surface area contributed by atoms with Gasteiger partial charge in [-0.3, -0.25) is 0 Å². The predicted molar refractivity (Wildman–Crippen MR) is 194 cm³/mol. The molecule has 0 atom stereocenters.